The first-order valence-corrected chi connectivity index (χ1v) is 10.5. The van der Waals surface area contributed by atoms with Crippen LogP contribution in [0.1, 0.15) is 56.1 Å². The molecule has 0 radical (unpaired) electrons. The fourth-order valence-corrected chi connectivity index (χ4v) is 4.58. The van der Waals surface area contributed by atoms with Gasteiger partial charge in [0.05, 0.1) is 6.61 Å². The molecule has 2 aliphatic rings. The van der Waals surface area contributed by atoms with E-state index in [0.717, 1.165) is 18.4 Å². The molecule has 2 atom stereocenters. The van der Waals surface area contributed by atoms with E-state index in [-0.39, 0.29) is 5.57 Å². The van der Waals surface area contributed by atoms with Gasteiger partial charge in [-0.25, -0.2) is 4.79 Å². The predicted octanol–water partition coefficient (Wildman–Crippen LogP) is 5.72. The summed E-state index contributed by atoms with van der Waals surface area (Å²) >= 11 is 0. The lowest BCUT2D eigenvalue weighted by Crippen LogP contribution is -2.26. The monoisotopic (exact) mass is 386 g/mol. The third kappa shape index (κ3) is 3.78. The second-order valence-corrected chi connectivity index (χ2v) is 7.79. The van der Waals surface area contributed by atoms with E-state index in [1.165, 1.54) is 36.2 Å². The van der Waals surface area contributed by atoms with Crippen molar-refractivity contribution in [3.63, 3.8) is 0 Å². The highest BCUT2D eigenvalue weighted by Gasteiger charge is 2.41. The number of nitrogens with zero attached hydrogens (tertiary/aromatic N) is 2. The molecule has 2 aromatic rings. The number of fused-ring (bicyclic) bond motifs is 3. The zero-order valence-electron chi connectivity index (χ0n) is 16.8. The van der Waals surface area contributed by atoms with E-state index in [0.29, 0.717) is 18.6 Å². The Labute approximate surface area is 172 Å². The highest BCUT2D eigenvalue weighted by molar-refractivity contribution is 5.98. The van der Waals surface area contributed by atoms with Gasteiger partial charge in [-0.15, -0.1) is 0 Å². The van der Waals surface area contributed by atoms with Crippen LogP contribution in [0.2, 0.25) is 0 Å². The molecule has 4 nitrogen and oxygen atoms in total. The van der Waals surface area contributed by atoms with Crippen LogP contribution in [0.25, 0.3) is 6.08 Å². The van der Waals surface area contributed by atoms with E-state index < -0.39 is 5.97 Å². The van der Waals surface area contributed by atoms with Gasteiger partial charge in [0.15, 0.2) is 0 Å². The number of benzene rings is 2. The molecule has 0 aromatic heterocycles. The van der Waals surface area contributed by atoms with Crippen LogP contribution in [0.4, 0.5) is 11.4 Å². The quantitative estimate of drug-likeness (QED) is 0.276. The van der Waals surface area contributed by atoms with Crippen molar-refractivity contribution < 1.29 is 9.53 Å². The Kier molecular flexibility index (Phi) is 5.67. The molecule has 1 heterocycles. The molecule has 29 heavy (non-hydrogen) atoms. The zero-order chi connectivity index (χ0) is 20.2. The molecule has 4 heteroatoms. The molecule has 2 unspecified atom stereocenters. The predicted molar refractivity (Wildman–Crippen MR) is 115 cm³/mol. The second-order valence-electron chi connectivity index (χ2n) is 7.79. The number of unbranched alkanes of at least 4 members (excludes halogenated alkanes) is 1. The van der Waals surface area contributed by atoms with Crippen molar-refractivity contribution in [2.45, 2.75) is 51.0 Å². The molecule has 2 aromatic carbocycles. The molecule has 148 valence electrons. The lowest BCUT2D eigenvalue weighted by atomic mass is 9.95. The zero-order valence-corrected chi connectivity index (χ0v) is 16.8. The molecule has 0 spiro atoms. The molecular formula is C25H26N2O2. The van der Waals surface area contributed by atoms with Gasteiger partial charge in [-0.1, -0.05) is 44.0 Å². The number of anilines is 2. The van der Waals surface area contributed by atoms with Crippen molar-refractivity contribution >= 4 is 23.4 Å². The number of carbonyl (C=O) groups is 1. The Bertz CT molecular complexity index is 959. The van der Waals surface area contributed by atoms with Crippen LogP contribution in [0.5, 0.6) is 0 Å². The van der Waals surface area contributed by atoms with Crippen LogP contribution in [0.15, 0.2) is 54.1 Å². The van der Waals surface area contributed by atoms with Gasteiger partial charge < -0.3 is 9.64 Å². The van der Waals surface area contributed by atoms with Crippen molar-refractivity contribution in [1.29, 1.82) is 5.26 Å². The molecule has 1 aliphatic carbocycles. The minimum absolute atomic E-state index is 0.0573. The largest absolute Gasteiger partial charge is 0.462 e. The molecule has 0 bridgehead atoms. The lowest BCUT2D eigenvalue weighted by Gasteiger charge is -2.27. The standard InChI is InChI=1S/C25H26N2O2/c1-2-3-14-29-25(28)19(17-26)15-18-12-13-24-22(16-18)21-10-7-11-23(21)27(24)20-8-5-4-6-9-20/h4-6,8-9,12-13,15-16,21,23H,2-3,7,10-11,14H2,1H3/b19-15+. The molecule has 1 fully saturated rings. The van der Waals surface area contributed by atoms with Gasteiger partial charge in [-0.05, 0) is 60.7 Å². The average molecular weight is 386 g/mol. The SMILES string of the molecule is CCCCOC(=O)/C(C#N)=C/c1ccc2c(c1)C1CCCC1N2c1ccccc1. The fraction of sp³-hybridized carbons (Fsp3) is 0.360. The van der Waals surface area contributed by atoms with E-state index in [2.05, 4.69) is 41.3 Å². The molecule has 1 saturated carbocycles. The summed E-state index contributed by atoms with van der Waals surface area (Å²) in [4.78, 5) is 14.6. The molecule has 0 amide bonds. The summed E-state index contributed by atoms with van der Waals surface area (Å²) in [6, 6.07) is 19.3. The van der Waals surface area contributed by atoms with Crippen molar-refractivity contribution in [2.24, 2.45) is 0 Å². The van der Waals surface area contributed by atoms with E-state index >= 15 is 0 Å². The first kappa shape index (κ1) is 19.3. The maximum absolute atomic E-state index is 12.2. The van der Waals surface area contributed by atoms with Gasteiger partial charge in [0.25, 0.3) is 0 Å². The molecule has 0 N–H and O–H groups in total. The number of ether oxygens (including phenoxy) is 1. The number of rotatable bonds is 6. The fourth-order valence-electron chi connectivity index (χ4n) is 4.58. The van der Waals surface area contributed by atoms with Crippen LogP contribution in [-0.2, 0) is 9.53 Å². The minimum atomic E-state index is -0.536. The Hall–Kier alpha value is -3.06. The maximum Gasteiger partial charge on any atom is 0.348 e. The van der Waals surface area contributed by atoms with Crippen LogP contribution >= 0.6 is 0 Å². The Morgan fingerprint density at radius 1 is 1.24 bits per heavy atom. The maximum atomic E-state index is 12.2. The third-order valence-electron chi connectivity index (χ3n) is 5.94. The average Bonchev–Trinajstić information content (AvgIpc) is 3.33. The lowest BCUT2D eigenvalue weighted by molar-refractivity contribution is -0.138. The number of nitriles is 1. The first-order valence-electron chi connectivity index (χ1n) is 10.5. The number of hydrogen-bond donors (Lipinski definition) is 0. The Morgan fingerprint density at radius 2 is 2.07 bits per heavy atom. The summed E-state index contributed by atoms with van der Waals surface area (Å²) in [6.45, 7) is 2.39. The Balaban J connectivity index is 1.64. The first-order chi connectivity index (χ1) is 14.2. The van der Waals surface area contributed by atoms with Gasteiger partial charge in [0.2, 0.25) is 0 Å². The molecular weight excluding hydrogens is 360 g/mol. The summed E-state index contributed by atoms with van der Waals surface area (Å²) in [6.07, 6.45) is 7.01. The highest BCUT2D eigenvalue weighted by Crippen LogP contribution is 2.52. The van der Waals surface area contributed by atoms with Crippen LogP contribution in [-0.4, -0.2) is 18.6 Å². The van der Waals surface area contributed by atoms with Gasteiger partial charge >= 0.3 is 5.97 Å². The minimum Gasteiger partial charge on any atom is -0.462 e. The van der Waals surface area contributed by atoms with Gasteiger partial charge in [0.1, 0.15) is 11.6 Å². The van der Waals surface area contributed by atoms with Crippen molar-refractivity contribution in [2.75, 3.05) is 11.5 Å². The number of hydrogen-bond acceptors (Lipinski definition) is 4. The highest BCUT2D eigenvalue weighted by atomic mass is 16.5. The normalized spacial score (nSPS) is 20.1. The van der Waals surface area contributed by atoms with Gasteiger partial charge in [-0.2, -0.15) is 5.26 Å². The van der Waals surface area contributed by atoms with Crippen LogP contribution in [0.3, 0.4) is 0 Å². The summed E-state index contributed by atoms with van der Waals surface area (Å²) in [5.41, 5.74) is 4.73. The van der Waals surface area contributed by atoms with Crippen molar-refractivity contribution in [3.05, 3.63) is 65.2 Å². The van der Waals surface area contributed by atoms with E-state index in [1.54, 1.807) is 6.08 Å². The van der Waals surface area contributed by atoms with E-state index in [4.69, 9.17) is 4.74 Å². The smallest absolute Gasteiger partial charge is 0.348 e. The summed E-state index contributed by atoms with van der Waals surface area (Å²) in [7, 11) is 0. The van der Waals surface area contributed by atoms with Crippen LogP contribution < -0.4 is 4.90 Å². The van der Waals surface area contributed by atoms with Crippen LogP contribution in [0, 0.1) is 11.3 Å². The summed E-state index contributed by atoms with van der Waals surface area (Å²) in [5.74, 6) is -0.0355. The van der Waals surface area contributed by atoms with E-state index in [1.807, 2.05) is 25.1 Å². The topological polar surface area (TPSA) is 53.3 Å². The number of carbonyl (C=O) groups excluding carboxylic acids is 1. The molecule has 1 aliphatic heterocycles. The number of para-hydroxylation sites is 1. The van der Waals surface area contributed by atoms with Gasteiger partial charge in [-0.3, -0.25) is 0 Å². The number of esters is 1. The molecule has 4 rings (SSSR count). The summed E-state index contributed by atoms with van der Waals surface area (Å²) in [5, 5.41) is 9.42. The Morgan fingerprint density at radius 3 is 2.83 bits per heavy atom. The summed E-state index contributed by atoms with van der Waals surface area (Å²) < 4.78 is 5.21. The van der Waals surface area contributed by atoms with Gasteiger partial charge in [0, 0.05) is 23.3 Å². The van der Waals surface area contributed by atoms with Crippen molar-refractivity contribution in [1.82, 2.24) is 0 Å². The van der Waals surface area contributed by atoms with Crippen molar-refractivity contribution in [3.8, 4) is 6.07 Å². The molecule has 0 saturated heterocycles. The third-order valence-corrected chi connectivity index (χ3v) is 5.94. The van der Waals surface area contributed by atoms with E-state index in [9.17, 15) is 10.1 Å². The second kappa shape index (κ2) is 8.53.